The molecule has 0 saturated heterocycles. The Hall–Kier alpha value is -0.520. The van der Waals surface area contributed by atoms with Gasteiger partial charge in [-0.1, -0.05) is 0 Å². The van der Waals surface area contributed by atoms with Crippen LogP contribution in [-0.2, 0) is 12.2 Å². The van der Waals surface area contributed by atoms with E-state index >= 15 is 0 Å². The Morgan fingerprint density at radius 3 is 3.12 bits per heavy atom. The maximum absolute atomic E-state index is 11.8. The van der Waals surface area contributed by atoms with Gasteiger partial charge in [0.25, 0.3) is 5.91 Å². The van der Waals surface area contributed by atoms with E-state index in [2.05, 4.69) is 16.7 Å². The number of fused-ring (bicyclic) bond motifs is 1. The van der Waals surface area contributed by atoms with Crippen molar-refractivity contribution >= 4 is 29.0 Å². The van der Waals surface area contributed by atoms with Crippen molar-refractivity contribution in [1.82, 2.24) is 10.6 Å². The van der Waals surface area contributed by atoms with Crippen molar-refractivity contribution in [3.05, 3.63) is 21.4 Å². The molecule has 0 spiro atoms. The van der Waals surface area contributed by atoms with Crippen LogP contribution in [-0.4, -0.2) is 31.8 Å². The average Bonchev–Trinajstić information content (AvgIpc) is 2.73. The maximum atomic E-state index is 11.8. The molecule has 0 saturated carbocycles. The molecule has 2 N–H and O–H groups in total. The first-order chi connectivity index (χ1) is 7.81. The van der Waals surface area contributed by atoms with Gasteiger partial charge in [-0.25, -0.2) is 0 Å². The third-order valence-electron chi connectivity index (χ3n) is 2.51. The van der Waals surface area contributed by atoms with E-state index in [9.17, 15) is 4.79 Å². The highest BCUT2D eigenvalue weighted by molar-refractivity contribution is 7.98. The van der Waals surface area contributed by atoms with E-state index in [0.29, 0.717) is 6.54 Å². The van der Waals surface area contributed by atoms with Gasteiger partial charge in [-0.05, 0) is 30.9 Å². The Bertz CT molecular complexity index is 353. The number of likely N-dealkylation sites (N-methyl/N-ethyl adjacent to an activating group) is 1. The summed E-state index contributed by atoms with van der Waals surface area (Å²) in [5.74, 6) is 2.32. The number of amides is 1. The second-order valence-corrected chi connectivity index (χ2v) is 5.96. The standard InChI is InChI=1S/C11H16N2OS2/c1-12-3-4-13-11(14)10-6-8-7-15-5-2-9(8)16-10/h6,12H,2-5,7H2,1H3,(H,13,14). The second kappa shape index (κ2) is 5.70. The highest BCUT2D eigenvalue weighted by Gasteiger charge is 2.16. The molecule has 1 aromatic rings. The molecule has 5 heteroatoms. The minimum Gasteiger partial charge on any atom is -0.350 e. The van der Waals surface area contributed by atoms with Gasteiger partial charge in [-0.3, -0.25) is 4.79 Å². The van der Waals surface area contributed by atoms with E-state index in [-0.39, 0.29) is 5.91 Å². The molecule has 0 fully saturated rings. The lowest BCUT2D eigenvalue weighted by Gasteiger charge is -2.08. The number of thioether (sulfide) groups is 1. The number of rotatable bonds is 4. The molecular weight excluding hydrogens is 240 g/mol. The number of carbonyl (C=O) groups is 1. The van der Waals surface area contributed by atoms with Crippen molar-refractivity contribution in [2.24, 2.45) is 0 Å². The third kappa shape index (κ3) is 2.78. The minimum absolute atomic E-state index is 0.0691. The number of hydrogen-bond donors (Lipinski definition) is 2. The minimum atomic E-state index is 0.0691. The number of hydrogen-bond acceptors (Lipinski definition) is 4. The van der Waals surface area contributed by atoms with E-state index in [0.717, 1.165) is 23.6 Å². The summed E-state index contributed by atoms with van der Waals surface area (Å²) in [6.45, 7) is 1.50. The molecule has 0 atom stereocenters. The molecule has 16 heavy (non-hydrogen) atoms. The summed E-state index contributed by atoms with van der Waals surface area (Å²) in [7, 11) is 1.88. The first kappa shape index (κ1) is 12.0. The maximum Gasteiger partial charge on any atom is 0.261 e. The smallest absolute Gasteiger partial charge is 0.261 e. The highest BCUT2D eigenvalue weighted by atomic mass is 32.2. The summed E-state index contributed by atoms with van der Waals surface area (Å²) >= 11 is 3.60. The van der Waals surface area contributed by atoms with Crippen LogP contribution in [0.25, 0.3) is 0 Å². The van der Waals surface area contributed by atoms with Crippen molar-refractivity contribution in [1.29, 1.82) is 0 Å². The molecule has 1 amide bonds. The predicted octanol–water partition coefficient (Wildman–Crippen LogP) is 1.49. The van der Waals surface area contributed by atoms with Crippen LogP contribution in [0.1, 0.15) is 20.1 Å². The molecule has 1 aliphatic rings. The van der Waals surface area contributed by atoms with Gasteiger partial charge < -0.3 is 10.6 Å². The lowest BCUT2D eigenvalue weighted by molar-refractivity contribution is 0.0958. The van der Waals surface area contributed by atoms with Crippen LogP contribution in [0.3, 0.4) is 0 Å². The van der Waals surface area contributed by atoms with Crippen LogP contribution >= 0.6 is 23.1 Å². The molecule has 1 aromatic heterocycles. The zero-order valence-corrected chi connectivity index (χ0v) is 11.0. The third-order valence-corrected chi connectivity index (χ3v) is 4.76. The molecule has 0 radical (unpaired) electrons. The Balaban J connectivity index is 1.98. The molecule has 1 aliphatic heterocycles. The molecule has 3 nitrogen and oxygen atoms in total. The Morgan fingerprint density at radius 2 is 2.38 bits per heavy atom. The number of nitrogens with one attached hydrogen (secondary N) is 2. The number of carbonyl (C=O) groups excluding carboxylic acids is 1. The lowest BCUT2D eigenvalue weighted by Crippen LogP contribution is -2.29. The van der Waals surface area contributed by atoms with Gasteiger partial charge in [-0.15, -0.1) is 11.3 Å². The summed E-state index contributed by atoms with van der Waals surface area (Å²) in [4.78, 5) is 14.1. The lowest BCUT2D eigenvalue weighted by atomic mass is 10.2. The molecule has 2 heterocycles. The van der Waals surface area contributed by atoms with E-state index in [1.165, 1.54) is 16.2 Å². The van der Waals surface area contributed by atoms with Crippen LogP contribution in [0, 0.1) is 0 Å². The molecule has 0 aromatic carbocycles. The normalized spacial score (nSPS) is 14.6. The van der Waals surface area contributed by atoms with Gasteiger partial charge in [0.2, 0.25) is 0 Å². The van der Waals surface area contributed by atoms with E-state index < -0.39 is 0 Å². The first-order valence-corrected chi connectivity index (χ1v) is 7.40. The topological polar surface area (TPSA) is 41.1 Å². The summed E-state index contributed by atoms with van der Waals surface area (Å²) in [6, 6.07) is 2.06. The van der Waals surface area contributed by atoms with Crippen molar-refractivity contribution in [3.63, 3.8) is 0 Å². The van der Waals surface area contributed by atoms with Gasteiger partial charge in [0, 0.05) is 23.7 Å². The summed E-state index contributed by atoms with van der Waals surface area (Å²) < 4.78 is 0. The molecule has 0 aliphatic carbocycles. The Labute approximate surface area is 104 Å². The Morgan fingerprint density at radius 1 is 1.50 bits per heavy atom. The van der Waals surface area contributed by atoms with Crippen LogP contribution in [0.4, 0.5) is 0 Å². The van der Waals surface area contributed by atoms with E-state index in [4.69, 9.17) is 0 Å². The van der Waals surface area contributed by atoms with Crippen LogP contribution < -0.4 is 10.6 Å². The fraction of sp³-hybridized carbons (Fsp3) is 0.545. The SMILES string of the molecule is CNCCNC(=O)c1cc2c(s1)CCSC2. The zero-order chi connectivity index (χ0) is 11.4. The quantitative estimate of drug-likeness (QED) is 0.802. The number of aryl methyl sites for hydroxylation is 1. The fourth-order valence-electron chi connectivity index (χ4n) is 1.65. The first-order valence-electron chi connectivity index (χ1n) is 5.43. The van der Waals surface area contributed by atoms with Gasteiger partial charge in [0.05, 0.1) is 4.88 Å². The number of thiophene rings is 1. The van der Waals surface area contributed by atoms with E-state index in [1.54, 1.807) is 11.3 Å². The van der Waals surface area contributed by atoms with Crippen molar-refractivity contribution < 1.29 is 4.79 Å². The zero-order valence-electron chi connectivity index (χ0n) is 9.34. The van der Waals surface area contributed by atoms with Gasteiger partial charge in [-0.2, -0.15) is 11.8 Å². The van der Waals surface area contributed by atoms with Crippen molar-refractivity contribution in [2.45, 2.75) is 12.2 Å². The molecule has 0 bridgehead atoms. The average molecular weight is 256 g/mol. The van der Waals surface area contributed by atoms with Gasteiger partial charge >= 0.3 is 0 Å². The summed E-state index contributed by atoms with van der Waals surface area (Å²) in [5, 5.41) is 5.92. The van der Waals surface area contributed by atoms with Crippen molar-refractivity contribution in [2.75, 3.05) is 25.9 Å². The Kier molecular flexibility index (Phi) is 4.26. The molecule has 2 rings (SSSR count). The van der Waals surface area contributed by atoms with Crippen LogP contribution in [0.5, 0.6) is 0 Å². The van der Waals surface area contributed by atoms with Gasteiger partial charge in [0.1, 0.15) is 0 Å². The molecular formula is C11H16N2OS2. The molecule has 0 unspecified atom stereocenters. The van der Waals surface area contributed by atoms with Crippen molar-refractivity contribution in [3.8, 4) is 0 Å². The largest absolute Gasteiger partial charge is 0.350 e. The van der Waals surface area contributed by atoms with Crippen LogP contribution in [0.15, 0.2) is 6.07 Å². The predicted molar refractivity (Wildman–Crippen MR) is 70.4 cm³/mol. The second-order valence-electron chi connectivity index (χ2n) is 3.72. The summed E-state index contributed by atoms with van der Waals surface area (Å²) in [6.07, 6.45) is 1.12. The van der Waals surface area contributed by atoms with E-state index in [1.807, 2.05) is 18.8 Å². The summed E-state index contributed by atoms with van der Waals surface area (Å²) in [5.41, 5.74) is 1.36. The van der Waals surface area contributed by atoms with Gasteiger partial charge in [0.15, 0.2) is 0 Å². The highest BCUT2D eigenvalue weighted by Crippen LogP contribution is 2.31. The monoisotopic (exact) mass is 256 g/mol. The van der Waals surface area contributed by atoms with Crippen LogP contribution in [0.2, 0.25) is 0 Å². The molecule has 88 valence electrons. The fourth-order valence-corrected chi connectivity index (χ4v) is 3.94.